The molecule has 0 unspecified atom stereocenters. The van der Waals surface area contributed by atoms with Crippen LogP contribution in [0, 0.1) is 0 Å². The summed E-state index contributed by atoms with van der Waals surface area (Å²) in [4.78, 5) is 17.8. The predicted molar refractivity (Wildman–Crippen MR) is 124 cm³/mol. The first-order valence-corrected chi connectivity index (χ1v) is 9.76. The Morgan fingerprint density at radius 1 is 0.933 bits per heavy atom. The number of aromatic nitrogens is 1. The fourth-order valence-corrected chi connectivity index (χ4v) is 3.34. The normalized spacial score (nSPS) is 10.4. The number of carbonyl (C=O) groups excluding carboxylic acids is 1. The van der Waals surface area contributed by atoms with E-state index in [-0.39, 0.29) is 11.0 Å². The van der Waals surface area contributed by atoms with E-state index < -0.39 is 0 Å². The van der Waals surface area contributed by atoms with Gasteiger partial charge in [-0.05, 0) is 48.6 Å². The predicted octanol–water partition coefficient (Wildman–Crippen LogP) is 5.04. The Labute approximate surface area is 179 Å². The summed E-state index contributed by atoms with van der Waals surface area (Å²) < 4.78 is 5.15. The second kappa shape index (κ2) is 8.71. The van der Waals surface area contributed by atoms with Gasteiger partial charge in [0.05, 0.1) is 23.9 Å². The maximum absolute atomic E-state index is 13.1. The standard InChI is InChI=1S/C24H19N3O2S/c1-29-18-13-11-17(12-14-18)25-24(30)27-23(28)20-15-22(16-7-3-2-4-8-16)26-21-10-6-5-9-19(20)21/h2-15H,1H3,(H2,25,27,28,30). The van der Waals surface area contributed by atoms with E-state index in [1.165, 1.54) is 0 Å². The number of fused-ring (bicyclic) bond motifs is 1. The van der Waals surface area contributed by atoms with Gasteiger partial charge in [-0.2, -0.15) is 0 Å². The monoisotopic (exact) mass is 413 g/mol. The highest BCUT2D eigenvalue weighted by Gasteiger charge is 2.15. The zero-order valence-electron chi connectivity index (χ0n) is 16.3. The van der Waals surface area contributed by atoms with Crippen LogP contribution in [0.2, 0.25) is 0 Å². The molecule has 0 fully saturated rings. The number of nitrogens with zero attached hydrogens (tertiary/aromatic N) is 1. The first-order chi connectivity index (χ1) is 14.6. The van der Waals surface area contributed by atoms with E-state index in [2.05, 4.69) is 10.6 Å². The van der Waals surface area contributed by atoms with E-state index >= 15 is 0 Å². The quantitative estimate of drug-likeness (QED) is 0.459. The molecule has 1 heterocycles. The van der Waals surface area contributed by atoms with Gasteiger partial charge in [0.25, 0.3) is 5.91 Å². The van der Waals surface area contributed by atoms with Crippen molar-refractivity contribution in [2.24, 2.45) is 0 Å². The molecule has 0 aliphatic rings. The molecular formula is C24H19N3O2S. The lowest BCUT2D eigenvalue weighted by Crippen LogP contribution is -2.34. The summed E-state index contributed by atoms with van der Waals surface area (Å²) in [5, 5.41) is 6.76. The molecule has 0 saturated heterocycles. The summed E-state index contributed by atoms with van der Waals surface area (Å²) in [7, 11) is 1.61. The third-order valence-corrected chi connectivity index (χ3v) is 4.81. The summed E-state index contributed by atoms with van der Waals surface area (Å²) >= 11 is 5.33. The van der Waals surface area contributed by atoms with Crippen LogP contribution >= 0.6 is 12.2 Å². The average Bonchev–Trinajstić information content (AvgIpc) is 2.79. The van der Waals surface area contributed by atoms with Crippen LogP contribution in [-0.4, -0.2) is 23.1 Å². The van der Waals surface area contributed by atoms with Crippen LogP contribution in [-0.2, 0) is 0 Å². The molecule has 0 spiro atoms. The number of pyridine rings is 1. The molecule has 1 aromatic heterocycles. The van der Waals surface area contributed by atoms with Crippen molar-refractivity contribution < 1.29 is 9.53 Å². The number of methoxy groups -OCH3 is 1. The van der Waals surface area contributed by atoms with E-state index in [4.69, 9.17) is 21.9 Å². The van der Waals surface area contributed by atoms with Gasteiger partial charge in [0.1, 0.15) is 5.75 Å². The van der Waals surface area contributed by atoms with Gasteiger partial charge >= 0.3 is 0 Å². The molecule has 3 aromatic carbocycles. The van der Waals surface area contributed by atoms with Gasteiger partial charge in [-0.1, -0.05) is 48.5 Å². The van der Waals surface area contributed by atoms with Crippen LogP contribution in [0.4, 0.5) is 5.69 Å². The van der Waals surface area contributed by atoms with Crippen LogP contribution in [0.3, 0.4) is 0 Å². The van der Waals surface area contributed by atoms with Crippen molar-refractivity contribution in [3.63, 3.8) is 0 Å². The Morgan fingerprint density at radius 2 is 1.63 bits per heavy atom. The van der Waals surface area contributed by atoms with Gasteiger partial charge in [-0.25, -0.2) is 4.98 Å². The lowest BCUT2D eigenvalue weighted by atomic mass is 10.0. The lowest BCUT2D eigenvalue weighted by Gasteiger charge is -2.12. The molecule has 0 radical (unpaired) electrons. The van der Waals surface area contributed by atoms with Crippen molar-refractivity contribution in [3.05, 3.63) is 90.5 Å². The van der Waals surface area contributed by atoms with Crippen molar-refractivity contribution >= 4 is 39.8 Å². The molecule has 5 nitrogen and oxygen atoms in total. The number of hydrogen-bond donors (Lipinski definition) is 2. The van der Waals surface area contributed by atoms with Crippen molar-refractivity contribution in [2.75, 3.05) is 12.4 Å². The highest BCUT2D eigenvalue weighted by atomic mass is 32.1. The van der Waals surface area contributed by atoms with Gasteiger partial charge in [0, 0.05) is 16.6 Å². The summed E-state index contributed by atoms with van der Waals surface area (Å²) in [6, 6.07) is 26.4. The first-order valence-electron chi connectivity index (χ1n) is 9.35. The minimum Gasteiger partial charge on any atom is -0.497 e. The molecule has 30 heavy (non-hydrogen) atoms. The highest BCUT2D eigenvalue weighted by molar-refractivity contribution is 7.80. The summed E-state index contributed by atoms with van der Waals surface area (Å²) in [6.07, 6.45) is 0. The number of benzene rings is 3. The van der Waals surface area contributed by atoms with Gasteiger partial charge in [-0.15, -0.1) is 0 Å². The summed E-state index contributed by atoms with van der Waals surface area (Å²) in [5.41, 5.74) is 3.69. The highest BCUT2D eigenvalue weighted by Crippen LogP contribution is 2.25. The molecule has 0 aliphatic heterocycles. The Hall–Kier alpha value is -3.77. The average molecular weight is 414 g/mol. The first kappa shape index (κ1) is 19.5. The number of amides is 1. The number of thiocarbonyl (C=S) groups is 1. The van der Waals surface area contributed by atoms with Crippen molar-refractivity contribution in [2.45, 2.75) is 0 Å². The topological polar surface area (TPSA) is 63.2 Å². The number of rotatable bonds is 4. The SMILES string of the molecule is COc1ccc(NC(=S)NC(=O)c2cc(-c3ccccc3)nc3ccccc23)cc1. The Morgan fingerprint density at radius 3 is 2.37 bits per heavy atom. The van der Waals surface area contributed by atoms with E-state index in [0.717, 1.165) is 33.6 Å². The number of para-hydroxylation sites is 1. The molecule has 0 saturated carbocycles. The second-order valence-electron chi connectivity index (χ2n) is 6.57. The molecule has 148 valence electrons. The van der Waals surface area contributed by atoms with Crippen molar-refractivity contribution in [3.8, 4) is 17.0 Å². The van der Waals surface area contributed by atoms with Crippen LogP contribution in [0.15, 0.2) is 84.9 Å². The van der Waals surface area contributed by atoms with Gasteiger partial charge in [0.2, 0.25) is 0 Å². The number of carbonyl (C=O) groups is 1. The third-order valence-electron chi connectivity index (χ3n) is 4.61. The number of anilines is 1. The van der Waals surface area contributed by atoms with Crippen LogP contribution < -0.4 is 15.4 Å². The van der Waals surface area contributed by atoms with Crippen LogP contribution in [0.1, 0.15) is 10.4 Å². The fourth-order valence-electron chi connectivity index (χ4n) is 3.13. The zero-order chi connectivity index (χ0) is 20.9. The van der Waals surface area contributed by atoms with E-state index in [0.29, 0.717) is 5.56 Å². The van der Waals surface area contributed by atoms with Gasteiger partial charge in [-0.3, -0.25) is 10.1 Å². The van der Waals surface area contributed by atoms with Gasteiger partial charge < -0.3 is 10.1 Å². The minimum absolute atomic E-state index is 0.215. The Bertz CT molecular complexity index is 1210. The molecule has 0 aliphatic carbocycles. The maximum Gasteiger partial charge on any atom is 0.258 e. The van der Waals surface area contributed by atoms with E-state index in [1.54, 1.807) is 13.2 Å². The number of hydrogen-bond acceptors (Lipinski definition) is 4. The minimum atomic E-state index is -0.295. The Kier molecular flexibility index (Phi) is 5.68. The smallest absolute Gasteiger partial charge is 0.258 e. The molecule has 2 N–H and O–H groups in total. The van der Waals surface area contributed by atoms with Crippen molar-refractivity contribution in [1.29, 1.82) is 0 Å². The molecule has 1 amide bonds. The molecule has 6 heteroatoms. The number of ether oxygens (including phenoxy) is 1. The summed E-state index contributed by atoms with van der Waals surface area (Å²) in [5.74, 6) is 0.448. The van der Waals surface area contributed by atoms with Crippen LogP contribution in [0.25, 0.3) is 22.2 Å². The maximum atomic E-state index is 13.1. The third kappa shape index (κ3) is 4.29. The van der Waals surface area contributed by atoms with Gasteiger partial charge in [0.15, 0.2) is 5.11 Å². The molecule has 0 bridgehead atoms. The molecular weight excluding hydrogens is 394 g/mol. The Balaban J connectivity index is 1.61. The van der Waals surface area contributed by atoms with E-state index in [1.807, 2.05) is 78.9 Å². The number of nitrogens with one attached hydrogen (secondary N) is 2. The molecule has 4 aromatic rings. The van der Waals surface area contributed by atoms with Crippen molar-refractivity contribution in [1.82, 2.24) is 10.3 Å². The summed E-state index contributed by atoms with van der Waals surface area (Å²) in [6.45, 7) is 0. The largest absolute Gasteiger partial charge is 0.497 e. The van der Waals surface area contributed by atoms with E-state index in [9.17, 15) is 4.79 Å². The molecule has 0 atom stereocenters. The fraction of sp³-hybridized carbons (Fsp3) is 0.0417. The lowest BCUT2D eigenvalue weighted by molar-refractivity contribution is 0.0979. The van der Waals surface area contributed by atoms with Crippen LogP contribution in [0.5, 0.6) is 5.75 Å². The second-order valence-corrected chi connectivity index (χ2v) is 6.98. The molecule has 4 rings (SSSR count). The zero-order valence-corrected chi connectivity index (χ0v) is 17.1.